The van der Waals surface area contributed by atoms with Gasteiger partial charge in [-0.1, -0.05) is 26.3 Å². The molecule has 0 bridgehead atoms. The van der Waals surface area contributed by atoms with E-state index in [0.717, 1.165) is 19.3 Å². The van der Waals surface area contributed by atoms with Gasteiger partial charge < -0.3 is 17.1 Å². The van der Waals surface area contributed by atoms with Crippen LogP contribution in [0.15, 0.2) is 12.7 Å². The average Bonchev–Trinajstić information content (AvgIpc) is 2.41. The molecule has 0 aromatic heterocycles. The maximum atomic E-state index is 11.3. The predicted octanol–water partition coefficient (Wildman–Crippen LogP) is 4.92. The van der Waals surface area contributed by atoms with Crippen molar-refractivity contribution in [3.8, 4) is 0 Å². The zero-order valence-corrected chi connectivity index (χ0v) is 22.5. The van der Waals surface area contributed by atoms with Gasteiger partial charge in [0.2, 0.25) is 0 Å². The molecular formula is C17H40O5Si4. The topological polar surface area (TPSA) is 54.0 Å². The Bertz CT molecular complexity index is 449. The highest BCUT2D eigenvalue weighted by Crippen LogP contribution is 2.34. The Balaban J connectivity index is 4.87. The second kappa shape index (κ2) is 11.1. The minimum absolute atomic E-state index is 0.359. The fourth-order valence-electron chi connectivity index (χ4n) is 3.21. The summed E-state index contributed by atoms with van der Waals surface area (Å²) < 4.78 is 24.4. The summed E-state index contributed by atoms with van der Waals surface area (Å²) in [6.45, 7) is 23.5. The van der Waals surface area contributed by atoms with E-state index in [1.165, 1.54) is 6.08 Å². The zero-order chi connectivity index (χ0) is 20.6. The predicted molar refractivity (Wildman–Crippen MR) is 119 cm³/mol. The lowest BCUT2D eigenvalue weighted by molar-refractivity contribution is -0.137. The third-order valence-electron chi connectivity index (χ3n) is 3.98. The van der Waals surface area contributed by atoms with Gasteiger partial charge in [0.15, 0.2) is 16.6 Å². The van der Waals surface area contributed by atoms with Crippen molar-refractivity contribution in [2.75, 3.05) is 6.61 Å². The fraction of sp³-hybridized carbons (Fsp3) is 0.824. The Kier molecular flexibility index (Phi) is 11.1. The number of hydrogen-bond acceptors (Lipinski definition) is 5. The maximum Gasteiger partial charge on any atom is 0.330 e. The van der Waals surface area contributed by atoms with Gasteiger partial charge in [0.25, 0.3) is 9.28 Å². The van der Waals surface area contributed by atoms with Gasteiger partial charge in [-0.05, 0) is 64.3 Å². The van der Waals surface area contributed by atoms with E-state index in [2.05, 4.69) is 65.9 Å². The number of carbonyl (C=O) groups excluding carboxylic acids is 1. The van der Waals surface area contributed by atoms with Crippen LogP contribution >= 0.6 is 0 Å². The van der Waals surface area contributed by atoms with E-state index >= 15 is 0 Å². The third kappa shape index (κ3) is 11.6. The van der Waals surface area contributed by atoms with E-state index in [4.69, 9.17) is 17.1 Å². The summed E-state index contributed by atoms with van der Waals surface area (Å²) in [5, 5.41) is 0. The Morgan fingerprint density at radius 2 is 1.65 bits per heavy atom. The highest BCUT2D eigenvalue weighted by Gasteiger charge is 2.41. The smallest absolute Gasteiger partial charge is 0.330 e. The summed E-state index contributed by atoms with van der Waals surface area (Å²) in [7, 11) is -7.54. The molecule has 9 heteroatoms. The van der Waals surface area contributed by atoms with E-state index in [0.29, 0.717) is 12.1 Å². The quantitative estimate of drug-likeness (QED) is 0.233. The number of carbonyl (C=O) groups is 1. The van der Waals surface area contributed by atoms with Crippen LogP contribution in [0.25, 0.3) is 0 Å². The van der Waals surface area contributed by atoms with Crippen LogP contribution in [0.2, 0.25) is 57.9 Å². The van der Waals surface area contributed by atoms with E-state index in [1.807, 2.05) is 0 Å². The lowest BCUT2D eigenvalue weighted by Crippen LogP contribution is -2.52. The Morgan fingerprint density at radius 3 is 2.12 bits per heavy atom. The molecule has 0 amide bonds. The molecule has 5 nitrogen and oxygen atoms in total. The van der Waals surface area contributed by atoms with Crippen LogP contribution in [0.1, 0.15) is 26.2 Å². The highest BCUT2D eigenvalue weighted by molar-refractivity contribution is 6.86. The standard InChI is InChI=1S/C17H40O5Si4/c1-11-13-16(14-15-19-17(18)12-2)25(7,8)22-26(9,10)21-23(3)20-24(4,5)6/h12,16,23H,2,11,13-15H2,1,3-10H3. The van der Waals surface area contributed by atoms with E-state index < -0.39 is 34.5 Å². The molecule has 0 fully saturated rings. The molecule has 0 N–H and O–H groups in total. The van der Waals surface area contributed by atoms with Gasteiger partial charge in [-0.25, -0.2) is 4.79 Å². The first-order valence-corrected chi connectivity index (χ1v) is 20.9. The summed E-state index contributed by atoms with van der Waals surface area (Å²) in [5.41, 5.74) is 0.426. The molecular weight excluding hydrogens is 397 g/mol. The summed E-state index contributed by atoms with van der Waals surface area (Å²) in [4.78, 5) is 11.3. The number of ether oxygens (including phenoxy) is 1. The molecule has 0 aliphatic carbocycles. The fourth-order valence-corrected chi connectivity index (χ4v) is 19.2. The normalized spacial score (nSPS) is 15.4. The van der Waals surface area contributed by atoms with Gasteiger partial charge in [-0.15, -0.1) is 0 Å². The van der Waals surface area contributed by atoms with Crippen LogP contribution in [0.4, 0.5) is 0 Å². The van der Waals surface area contributed by atoms with Crippen molar-refractivity contribution in [3.05, 3.63) is 12.7 Å². The SMILES string of the molecule is C=CC(=O)OCCC(CCC)[Si](C)(C)O[Si](C)(C)O[SiH](C)O[Si](C)(C)C. The van der Waals surface area contributed by atoms with Crippen molar-refractivity contribution in [2.24, 2.45) is 0 Å². The molecule has 154 valence electrons. The number of rotatable bonds is 13. The molecule has 0 aromatic carbocycles. The van der Waals surface area contributed by atoms with Crippen molar-refractivity contribution in [3.63, 3.8) is 0 Å². The molecule has 0 aromatic rings. The van der Waals surface area contributed by atoms with Crippen LogP contribution in [0.3, 0.4) is 0 Å². The van der Waals surface area contributed by atoms with Gasteiger partial charge in [-0.3, -0.25) is 0 Å². The molecule has 0 aliphatic heterocycles. The van der Waals surface area contributed by atoms with Crippen LogP contribution < -0.4 is 0 Å². The zero-order valence-electron chi connectivity index (χ0n) is 18.3. The van der Waals surface area contributed by atoms with Crippen molar-refractivity contribution < 1.29 is 21.9 Å². The molecule has 2 atom stereocenters. The lowest BCUT2D eigenvalue weighted by atomic mass is 10.2. The first-order chi connectivity index (χ1) is 11.7. The summed E-state index contributed by atoms with van der Waals surface area (Å²) in [6, 6.07) is 0. The number of hydrogen-bond donors (Lipinski definition) is 0. The number of esters is 1. The van der Waals surface area contributed by atoms with Crippen molar-refractivity contribution >= 4 is 40.4 Å². The second-order valence-corrected chi connectivity index (χ2v) is 23.6. The Labute approximate surface area is 165 Å². The van der Waals surface area contributed by atoms with Gasteiger partial charge in [0.05, 0.1) is 6.61 Å². The highest BCUT2D eigenvalue weighted by atomic mass is 28.5. The molecule has 0 spiro atoms. The van der Waals surface area contributed by atoms with E-state index in [9.17, 15) is 4.79 Å². The molecule has 0 saturated heterocycles. The van der Waals surface area contributed by atoms with E-state index in [1.54, 1.807) is 0 Å². The lowest BCUT2D eigenvalue weighted by Gasteiger charge is -2.40. The summed E-state index contributed by atoms with van der Waals surface area (Å²) >= 11 is 0. The molecule has 2 unspecified atom stereocenters. The monoisotopic (exact) mass is 436 g/mol. The van der Waals surface area contributed by atoms with Crippen LogP contribution in [-0.4, -0.2) is 47.1 Å². The van der Waals surface area contributed by atoms with Crippen molar-refractivity contribution in [1.82, 2.24) is 0 Å². The summed E-state index contributed by atoms with van der Waals surface area (Å²) in [5.74, 6) is -0.359. The van der Waals surface area contributed by atoms with Crippen LogP contribution in [0, 0.1) is 0 Å². The van der Waals surface area contributed by atoms with Gasteiger partial charge >= 0.3 is 14.5 Å². The Morgan fingerprint density at radius 1 is 1.08 bits per heavy atom. The van der Waals surface area contributed by atoms with Gasteiger partial charge in [0.1, 0.15) is 0 Å². The average molecular weight is 437 g/mol. The largest absolute Gasteiger partial charge is 0.463 e. The first-order valence-electron chi connectivity index (χ1n) is 9.57. The minimum atomic E-state index is -2.26. The molecule has 26 heavy (non-hydrogen) atoms. The van der Waals surface area contributed by atoms with Crippen molar-refractivity contribution in [1.29, 1.82) is 0 Å². The minimum Gasteiger partial charge on any atom is -0.463 e. The third-order valence-corrected chi connectivity index (χ3v) is 18.3. The van der Waals surface area contributed by atoms with E-state index in [-0.39, 0.29) is 5.97 Å². The van der Waals surface area contributed by atoms with Crippen LogP contribution in [-0.2, 0) is 21.9 Å². The summed E-state index contributed by atoms with van der Waals surface area (Å²) in [6.07, 6.45) is 4.21. The maximum absolute atomic E-state index is 11.3. The first kappa shape index (κ1) is 26.0. The molecule has 0 rings (SSSR count). The van der Waals surface area contributed by atoms with Gasteiger partial charge in [0, 0.05) is 6.08 Å². The molecule has 0 radical (unpaired) electrons. The second-order valence-electron chi connectivity index (χ2n) is 8.67. The van der Waals surface area contributed by atoms with Crippen molar-refractivity contribution in [2.45, 2.75) is 84.1 Å². The van der Waals surface area contributed by atoms with Crippen LogP contribution in [0.5, 0.6) is 0 Å². The molecule has 0 aliphatic rings. The van der Waals surface area contributed by atoms with Gasteiger partial charge in [-0.2, -0.15) is 0 Å². The Hall–Kier alpha value is -0.0425. The molecule has 0 saturated carbocycles. The molecule has 0 heterocycles.